The molecule has 1 aliphatic carbocycles. The van der Waals surface area contributed by atoms with Gasteiger partial charge in [0.1, 0.15) is 17.2 Å². The normalized spacial score (nSPS) is 10.7. The van der Waals surface area contributed by atoms with Crippen LogP contribution >= 0.6 is 8.60 Å². The molecule has 3 aromatic rings. The smallest absolute Gasteiger partial charge is 0.409 e. The van der Waals surface area contributed by atoms with E-state index < -0.39 is 8.60 Å². The fraction of sp³-hybridized carbons (Fsp3) is 0.111. The van der Waals surface area contributed by atoms with Crippen LogP contribution in [0.4, 0.5) is 0 Å². The molecule has 0 fully saturated rings. The first-order chi connectivity index (χ1) is 16.4. The summed E-state index contributed by atoms with van der Waals surface area (Å²) >= 11 is 0. The number of para-hydroxylation sites is 3. The molecule has 0 spiro atoms. The first kappa shape index (κ1) is 31.0. The van der Waals surface area contributed by atoms with Crippen LogP contribution in [-0.2, 0) is 26.4 Å². The fourth-order valence-electron chi connectivity index (χ4n) is 2.46. The van der Waals surface area contributed by atoms with Gasteiger partial charge in [-0.1, -0.05) is 78.9 Å². The average Bonchev–Trinajstić information content (AvgIpc) is 3.22. The second-order valence-electron chi connectivity index (χ2n) is 6.22. The second-order valence-corrected chi connectivity index (χ2v) is 7.22. The third-order valence-electron chi connectivity index (χ3n) is 3.89. The van der Waals surface area contributed by atoms with E-state index in [-0.39, 0.29) is 17.1 Å². The van der Waals surface area contributed by atoms with E-state index in [1.807, 2.05) is 91.0 Å². The quantitative estimate of drug-likeness (QED) is 0.146. The summed E-state index contributed by atoms with van der Waals surface area (Å²) in [6.07, 6.45) is 12.5. The van der Waals surface area contributed by atoms with Crippen molar-refractivity contribution in [3.05, 3.63) is 129 Å². The van der Waals surface area contributed by atoms with Gasteiger partial charge in [0.2, 0.25) is 0 Å². The molecule has 176 valence electrons. The maximum absolute atomic E-state index is 7.50. The van der Waals surface area contributed by atoms with Gasteiger partial charge in [-0.3, -0.25) is 0 Å². The van der Waals surface area contributed by atoms with Gasteiger partial charge in [0.25, 0.3) is 0 Å². The van der Waals surface area contributed by atoms with E-state index in [4.69, 9.17) is 22.9 Å². The van der Waals surface area contributed by atoms with Crippen molar-refractivity contribution < 1.29 is 39.9 Å². The van der Waals surface area contributed by atoms with E-state index in [9.17, 15) is 0 Å². The van der Waals surface area contributed by atoms with E-state index in [1.165, 1.54) is 19.3 Å². The molecule has 0 aliphatic heterocycles. The Morgan fingerprint density at radius 1 is 0.529 bits per heavy atom. The van der Waals surface area contributed by atoms with Gasteiger partial charge in [0.15, 0.2) is 0 Å². The van der Waals surface area contributed by atoms with Gasteiger partial charge in [0.05, 0.1) is 0 Å². The SMILES string of the molecule is C1=CCCCC=C1.[C-]#[O+].[C-]#[O+].[Fe].c1ccc(OP(Oc2ccccc2)Oc2ccccc2)cc1. The van der Waals surface area contributed by atoms with Crippen molar-refractivity contribution in [3.8, 4) is 17.2 Å². The Balaban J connectivity index is 0.000000766. The van der Waals surface area contributed by atoms with Crippen molar-refractivity contribution in [3.63, 3.8) is 0 Å². The number of hydrogen-bond acceptors (Lipinski definition) is 3. The maximum Gasteiger partial charge on any atom is 0.530 e. The third kappa shape index (κ3) is 14.2. The van der Waals surface area contributed by atoms with Crippen LogP contribution in [0.2, 0.25) is 0 Å². The predicted molar refractivity (Wildman–Crippen MR) is 128 cm³/mol. The van der Waals surface area contributed by atoms with E-state index in [0.29, 0.717) is 17.2 Å². The van der Waals surface area contributed by atoms with E-state index in [0.717, 1.165) is 0 Å². The fourth-order valence-corrected chi connectivity index (χ4v) is 3.45. The molecule has 0 N–H and O–H groups in total. The first-order valence-corrected chi connectivity index (χ1v) is 11.2. The number of rotatable bonds is 6. The summed E-state index contributed by atoms with van der Waals surface area (Å²) in [5.41, 5.74) is 0. The molecule has 0 bridgehead atoms. The van der Waals surface area contributed by atoms with E-state index in [2.05, 4.69) is 37.6 Å². The van der Waals surface area contributed by atoms with Gasteiger partial charge in [-0.25, -0.2) is 0 Å². The molecular weight excluding hydrogens is 491 g/mol. The molecular formula is C27H25FeO5P. The summed E-state index contributed by atoms with van der Waals surface area (Å²) in [5.74, 6) is 2.13. The Morgan fingerprint density at radius 3 is 1.12 bits per heavy atom. The molecule has 0 amide bonds. The molecule has 0 saturated heterocycles. The minimum atomic E-state index is -1.59. The summed E-state index contributed by atoms with van der Waals surface area (Å²) in [6, 6.07) is 28.5. The number of hydrogen-bond donors (Lipinski definition) is 0. The van der Waals surface area contributed by atoms with Gasteiger partial charge >= 0.3 is 31.2 Å². The Bertz CT molecular complexity index is 844. The van der Waals surface area contributed by atoms with Crippen LogP contribution in [0.5, 0.6) is 17.2 Å². The Morgan fingerprint density at radius 2 is 0.824 bits per heavy atom. The van der Waals surface area contributed by atoms with Gasteiger partial charge in [-0.15, -0.1) is 0 Å². The Labute approximate surface area is 213 Å². The largest absolute Gasteiger partial charge is 0.530 e. The van der Waals surface area contributed by atoms with Crippen LogP contribution in [0.25, 0.3) is 0 Å². The summed E-state index contributed by atoms with van der Waals surface area (Å²) in [7, 11) is -1.59. The molecule has 5 nitrogen and oxygen atoms in total. The van der Waals surface area contributed by atoms with Crippen molar-refractivity contribution in [2.75, 3.05) is 0 Å². The zero-order valence-corrected chi connectivity index (χ0v) is 20.4. The van der Waals surface area contributed by atoms with Crippen LogP contribution < -0.4 is 13.6 Å². The minimum Gasteiger partial charge on any atom is -0.409 e. The molecule has 0 atom stereocenters. The van der Waals surface area contributed by atoms with Gasteiger partial charge in [-0.2, -0.15) is 0 Å². The van der Waals surface area contributed by atoms with Gasteiger partial charge in [-0.05, 0) is 55.7 Å². The van der Waals surface area contributed by atoms with Crippen LogP contribution in [-0.4, -0.2) is 0 Å². The Kier molecular flexibility index (Phi) is 19.9. The van der Waals surface area contributed by atoms with Crippen molar-refractivity contribution >= 4 is 8.60 Å². The molecule has 34 heavy (non-hydrogen) atoms. The third-order valence-corrected chi connectivity index (χ3v) is 4.97. The maximum atomic E-state index is 7.50. The van der Waals surface area contributed by atoms with Gasteiger partial charge in [0, 0.05) is 17.1 Å². The Hall–Kier alpha value is -3.03. The summed E-state index contributed by atoms with van der Waals surface area (Å²) in [4.78, 5) is 0. The second kappa shape index (κ2) is 21.8. The summed E-state index contributed by atoms with van der Waals surface area (Å²) in [6.45, 7) is 9.00. The van der Waals surface area contributed by atoms with Crippen LogP contribution in [0.3, 0.4) is 0 Å². The zero-order valence-electron chi connectivity index (χ0n) is 18.4. The predicted octanol–water partition coefficient (Wildman–Crippen LogP) is 7.66. The molecule has 0 unspecified atom stereocenters. The van der Waals surface area contributed by atoms with Crippen molar-refractivity contribution in [1.29, 1.82) is 0 Å². The van der Waals surface area contributed by atoms with Crippen molar-refractivity contribution in [2.24, 2.45) is 0 Å². The molecule has 0 radical (unpaired) electrons. The monoisotopic (exact) mass is 516 g/mol. The van der Waals surface area contributed by atoms with Crippen LogP contribution in [0.1, 0.15) is 19.3 Å². The average molecular weight is 516 g/mol. The first-order valence-electron chi connectivity index (χ1n) is 10.1. The summed E-state index contributed by atoms with van der Waals surface area (Å²) in [5, 5.41) is 0. The number of allylic oxidation sites excluding steroid dienone is 4. The van der Waals surface area contributed by atoms with E-state index >= 15 is 0 Å². The van der Waals surface area contributed by atoms with Crippen LogP contribution in [0, 0.1) is 13.3 Å². The van der Waals surface area contributed by atoms with Crippen molar-refractivity contribution in [1.82, 2.24) is 0 Å². The topological polar surface area (TPSA) is 67.5 Å². The van der Waals surface area contributed by atoms with E-state index in [1.54, 1.807) is 0 Å². The van der Waals surface area contributed by atoms with Crippen molar-refractivity contribution in [2.45, 2.75) is 19.3 Å². The molecule has 1 aliphatic rings. The minimum absolute atomic E-state index is 0. The number of benzene rings is 3. The van der Waals surface area contributed by atoms with Crippen LogP contribution in [0.15, 0.2) is 115 Å². The molecule has 0 aromatic heterocycles. The van der Waals surface area contributed by atoms with Gasteiger partial charge < -0.3 is 13.6 Å². The molecule has 0 heterocycles. The molecule has 0 saturated carbocycles. The molecule has 3 aromatic carbocycles. The zero-order chi connectivity index (χ0) is 24.0. The molecule has 7 heteroatoms. The summed E-state index contributed by atoms with van der Waals surface area (Å²) < 4.78 is 32.5. The molecule has 4 rings (SSSR count). The standard InChI is InChI=1S/C18H15O3P.C7H10.2CO.Fe/c1-4-10-16(11-5-1)19-22(20-17-12-6-2-7-13-17)21-18-14-8-3-9-15-18;1-2-4-6-7-5-3-1;2*1-2;/h1-15H;1-4H,5-7H2;;;.